The molecule has 0 aliphatic heterocycles. The van der Waals surface area contributed by atoms with Gasteiger partial charge in [0.2, 0.25) is 0 Å². The third kappa shape index (κ3) is 5.16. The molecule has 0 fully saturated rings. The zero-order chi connectivity index (χ0) is 33.8. The van der Waals surface area contributed by atoms with Crippen LogP contribution in [0.1, 0.15) is 50.9 Å². The predicted octanol–water partition coefficient (Wildman–Crippen LogP) is 8.84. The first kappa shape index (κ1) is 31.0. The molecule has 1 N–H and O–H groups in total. The summed E-state index contributed by atoms with van der Waals surface area (Å²) < 4.78 is 4.23. The number of aromatic nitrogens is 4. The number of hydrogen-bond donors (Lipinski definition) is 1. The summed E-state index contributed by atoms with van der Waals surface area (Å²) in [6.45, 7) is 0. The second-order valence-corrected chi connectivity index (χ2v) is 12.4. The maximum absolute atomic E-state index is 12.0. The summed E-state index contributed by atoms with van der Waals surface area (Å²) >= 11 is 0. The number of aliphatic hydroxyl groups excluding tert-OH is 1. The second kappa shape index (κ2) is 13.3. The summed E-state index contributed by atoms with van der Waals surface area (Å²) in [5.74, 6) is 0. The van der Waals surface area contributed by atoms with Crippen molar-refractivity contribution in [2.75, 3.05) is 0 Å². The van der Waals surface area contributed by atoms with E-state index in [-0.39, 0.29) is 0 Å². The van der Waals surface area contributed by atoms with Crippen molar-refractivity contribution in [2.24, 2.45) is 0 Å². The number of nitrogens with zero attached hydrogens (tertiary/aromatic N) is 4. The average Bonchev–Trinajstić information content (AvgIpc) is 3.90. The molecule has 0 saturated heterocycles. The number of rotatable bonds is 10. The van der Waals surface area contributed by atoms with E-state index in [0.29, 0.717) is 11.4 Å². The molecule has 2 aromatic heterocycles. The monoisotopic (exact) mass is 648 g/mol. The Bertz CT molecular complexity index is 1910. The maximum atomic E-state index is 12.0. The minimum Gasteiger partial charge on any atom is -0.380 e. The van der Waals surface area contributed by atoms with E-state index < -0.39 is 17.2 Å². The van der Waals surface area contributed by atoms with Crippen molar-refractivity contribution in [1.29, 1.82) is 0 Å². The standard InChI is InChI=1S/C45H36N4O/c50-43(41-31-48(33-46-41)44(35-19-7-1-8-20-35,36-21-9-2-10-22-36)37-23-11-3-12-24-37)42-32-49(34-47-42)45(38-25-13-4-14-26-38,39-27-15-5-16-28-39)40-29-17-6-18-30-40/h1-34,43,50H. The largest absolute Gasteiger partial charge is 0.380 e. The van der Waals surface area contributed by atoms with Crippen LogP contribution in [-0.4, -0.2) is 24.2 Å². The molecule has 0 amide bonds. The molecule has 0 spiro atoms. The minimum absolute atomic E-state index is 0.507. The van der Waals surface area contributed by atoms with Gasteiger partial charge < -0.3 is 14.2 Å². The highest BCUT2D eigenvalue weighted by Gasteiger charge is 2.40. The van der Waals surface area contributed by atoms with E-state index >= 15 is 0 Å². The van der Waals surface area contributed by atoms with Gasteiger partial charge in [0.05, 0.1) is 24.0 Å². The zero-order valence-electron chi connectivity index (χ0n) is 27.4. The fourth-order valence-electron chi connectivity index (χ4n) is 7.45. The third-order valence-corrected chi connectivity index (χ3v) is 9.69. The molecule has 0 radical (unpaired) electrons. The Balaban J connectivity index is 1.27. The van der Waals surface area contributed by atoms with Crippen LogP contribution < -0.4 is 0 Å². The molecule has 0 atom stereocenters. The van der Waals surface area contributed by atoms with Gasteiger partial charge in [-0.25, -0.2) is 9.97 Å². The summed E-state index contributed by atoms with van der Waals surface area (Å²) in [4.78, 5) is 9.69. The van der Waals surface area contributed by atoms with Crippen LogP contribution >= 0.6 is 0 Å². The summed E-state index contributed by atoms with van der Waals surface area (Å²) in [6, 6.07) is 62.7. The SMILES string of the molecule is OC(c1cn(C(c2ccccc2)(c2ccccc2)c2ccccc2)cn1)c1cn(C(c2ccccc2)(c2ccccc2)c2ccccc2)cn1. The lowest BCUT2D eigenvalue weighted by atomic mass is 9.76. The molecule has 8 aromatic rings. The van der Waals surface area contributed by atoms with E-state index in [1.165, 1.54) is 0 Å². The smallest absolute Gasteiger partial charge is 0.141 e. The molecule has 0 saturated carbocycles. The highest BCUT2D eigenvalue weighted by atomic mass is 16.3. The van der Waals surface area contributed by atoms with E-state index in [4.69, 9.17) is 9.97 Å². The Kier molecular flexibility index (Phi) is 8.25. The minimum atomic E-state index is -1.07. The van der Waals surface area contributed by atoms with Gasteiger partial charge in [0.25, 0.3) is 0 Å². The van der Waals surface area contributed by atoms with Crippen LogP contribution in [0, 0.1) is 0 Å². The quantitative estimate of drug-likeness (QED) is 0.151. The Morgan fingerprint density at radius 1 is 0.360 bits per heavy atom. The number of benzene rings is 6. The van der Waals surface area contributed by atoms with Gasteiger partial charge in [-0.05, 0) is 33.4 Å². The summed E-state index contributed by atoms with van der Waals surface area (Å²) in [5.41, 5.74) is 6.03. The Morgan fingerprint density at radius 3 is 0.800 bits per heavy atom. The topological polar surface area (TPSA) is 55.9 Å². The molecule has 2 heterocycles. The van der Waals surface area contributed by atoms with Crippen LogP contribution in [0.3, 0.4) is 0 Å². The molecule has 0 aliphatic carbocycles. The van der Waals surface area contributed by atoms with Gasteiger partial charge in [-0.15, -0.1) is 0 Å². The van der Waals surface area contributed by atoms with Crippen LogP contribution in [0.5, 0.6) is 0 Å². The Hall–Kier alpha value is -6.30. The van der Waals surface area contributed by atoms with Crippen molar-refractivity contribution in [1.82, 2.24) is 19.1 Å². The van der Waals surface area contributed by atoms with Gasteiger partial charge in [0, 0.05) is 12.4 Å². The van der Waals surface area contributed by atoms with Crippen molar-refractivity contribution in [3.63, 3.8) is 0 Å². The molecule has 8 rings (SSSR count). The van der Waals surface area contributed by atoms with Gasteiger partial charge in [0.15, 0.2) is 0 Å². The highest BCUT2D eigenvalue weighted by molar-refractivity contribution is 5.52. The fraction of sp³-hybridized carbons (Fsp3) is 0.0667. The third-order valence-electron chi connectivity index (χ3n) is 9.69. The number of hydrogen-bond acceptors (Lipinski definition) is 3. The lowest BCUT2D eigenvalue weighted by Gasteiger charge is -2.37. The molecule has 242 valence electrons. The molecular weight excluding hydrogens is 613 g/mol. The van der Waals surface area contributed by atoms with E-state index in [1.54, 1.807) is 0 Å². The van der Waals surface area contributed by atoms with E-state index in [9.17, 15) is 5.11 Å². The van der Waals surface area contributed by atoms with Crippen LogP contribution in [-0.2, 0) is 11.1 Å². The second-order valence-electron chi connectivity index (χ2n) is 12.4. The van der Waals surface area contributed by atoms with E-state index in [0.717, 1.165) is 33.4 Å². The molecule has 50 heavy (non-hydrogen) atoms. The lowest BCUT2D eigenvalue weighted by molar-refractivity contribution is 0.211. The molecule has 0 aliphatic rings. The zero-order valence-corrected chi connectivity index (χ0v) is 27.4. The van der Waals surface area contributed by atoms with Gasteiger partial charge in [-0.2, -0.15) is 0 Å². The van der Waals surface area contributed by atoms with Crippen molar-refractivity contribution >= 4 is 0 Å². The molecule has 5 heteroatoms. The van der Waals surface area contributed by atoms with Crippen molar-refractivity contribution in [2.45, 2.75) is 17.2 Å². The fourth-order valence-corrected chi connectivity index (χ4v) is 7.45. The number of aliphatic hydroxyl groups is 1. The highest BCUT2D eigenvalue weighted by Crippen LogP contribution is 2.43. The first-order valence-electron chi connectivity index (χ1n) is 16.8. The van der Waals surface area contributed by atoms with E-state index in [1.807, 2.05) is 61.4 Å². The molecule has 0 unspecified atom stereocenters. The molecule has 5 nitrogen and oxygen atoms in total. The van der Waals surface area contributed by atoms with Crippen LogP contribution in [0.15, 0.2) is 207 Å². The van der Waals surface area contributed by atoms with Gasteiger partial charge in [-0.1, -0.05) is 182 Å². The van der Waals surface area contributed by atoms with Gasteiger partial charge in [-0.3, -0.25) is 0 Å². The Labute approximate surface area is 292 Å². The van der Waals surface area contributed by atoms with Crippen LogP contribution in [0.2, 0.25) is 0 Å². The van der Waals surface area contributed by atoms with Crippen LogP contribution in [0.25, 0.3) is 0 Å². The van der Waals surface area contributed by atoms with E-state index in [2.05, 4.69) is 155 Å². The van der Waals surface area contributed by atoms with Crippen molar-refractivity contribution < 1.29 is 5.11 Å². The normalized spacial score (nSPS) is 11.9. The van der Waals surface area contributed by atoms with Crippen molar-refractivity contribution in [3.8, 4) is 0 Å². The Morgan fingerprint density at radius 2 is 0.580 bits per heavy atom. The molecule has 6 aromatic carbocycles. The lowest BCUT2D eigenvalue weighted by Crippen LogP contribution is -2.37. The summed E-state index contributed by atoms with van der Waals surface area (Å²) in [6.07, 6.45) is 6.48. The summed E-state index contributed by atoms with van der Waals surface area (Å²) in [7, 11) is 0. The van der Waals surface area contributed by atoms with Crippen LogP contribution in [0.4, 0.5) is 0 Å². The molecule has 0 bridgehead atoms. The average molecular weight is 649 g/mol. The molecular formula is C45H36N4O. The number of imidazole rings is 2. The van der Waals surface area contributed by atoms with Gasteiger partial charge in [0.1, 0.15) is 17.2 Å². The first-order valence-corrected chi connectivity index (χ1v) is 16.8. The van der Waals surface area contributed by atoms with Crippen molar-refractivity contribution in [3.05, 3.63) is 252 Å². The predicted molar refractivity (Wildman–Crippen MR) is 198 cm³/mol. The van der Waals surface area contributed by atoms with Gasteiger partial charge >= 0.3 is 0 Å². The summed E-state index contributed by atoms with van der Waals surface area (Å²) in [5, 5.41) is 12.0. The first-order chi connectivity index (χ1) is 24.7. The maximum Gasteiger partial charge on any atom is 0.141 e.